The summed E-state index contributed by atoms with van der Waals surface area (Å²) in [5.41, 5.74) is 0.615. The average Bonchev–Trinajstić information content (AvgIpc) is 3.12. The number of hydrogen-bond donors (Lipinski definition) is 1. The molecule has 0 atom stereocenters. The lowest BCUT2D eigenvalue weighted by atomic mass is 10.1. The van der Waals surface area contributed by atoms with E-state index in [9.17, 15) is 9.59 Å². The van der Waals surface area contributed by atoms with Crippen molar-refractivity contribution in [3.8, 4) is 5.75 Å². The number of aromatic nitrogens is 2. The van der Waals surface area contributed by atoms with E-state index in [-0.39, 0.29) is 24.5 Å². The fourth-order valence-corrected chi connectivity index (χ4v) is 2.86. The van der Waals surface area contributed by atoms with E-state index in [2.05, 4.69) is 17.2 Å². The summed E-state index contributed by atoms with van der Waals surface area (Å²) < 4.78 is 7.70. The number of imidazole rings is 1. The number of aryl methyl sites for hydroxylation is 2. The Labute approximate surface area is 167 Å². The van der Waals surface area contributed by atoms with Gasteiger partial charge in [0.2, 0.25) is 5.91 Å². The molecule has 0 aliphatic rings. The van der Waals surface area contributed by atoms with Crippen LogP contribution in [0.15, 0.2) is 36.7 Å². The molecule has 1 N–H and O–H groups in total. The highest BCUT2D eigenvalue weighted by Gasteiger charge is 2.09. The number of amides is 1. The molecular weight excluding hydrogens is 354 g/mol. The first-order valence-electron chi connectivity index (χ1n) is 10.1. The number of carbonyl (C=O) groups is 2. The normalized spacial score (nSPS) is 10.6. The Morgan fingerprint density at radius 1 is 1.11 bits per heavy atom. The number of nitrogens with one attached hydrogen (secondary N) is 1. The number of benzene rings is 1. The summed E-state index contributed by atoms with van der Waals surface area (Å²) in [6, 6.07) is 7.17. The van der Waals surface area contributed by atoms with Gasteiger partial charge in [-0.15, -0.1) is 0 Å². The number of rotatable bonds is 13. The molecule has 0 saturated carbocycles. The van der Waals surface area contributed by atoms with Crippen LogP contribution in [-0.2, 0) is 11.3 Å². The molecule has 0 unspecified atom stereocenters. The van der Waals surface area contributed by atoms with Crippen LogP contribution in [0.5, 0.6) is 5.75 Å². The Balaban J connectivity index is 1.62. The molecule has 28 heavy (non-hydrogen) atoms. The highest BCUT2D eigenvalue weighted by molar-refractivity contribution is 5.98. The molecule has 0 spiro atoms. The van der Waals surface area contributed by atoms with Gasteiger partial charge in [-0.1, -0.05) is 19.8 Å². The summed E-state index contributed by atoms with van der Waals surface area (Å²) in [5, 5.41) is 2.87. The Bertz CT molecular complexity index is 738. The molecule has 1 aromatic heterocycles. The lowest BCUT2D eigenvalue weighted by molar-refractivity contribution is -0.121. The van der Waals surface area contributed by atoms with E-state index in [1.807, 2.05) is 29.8 Å². The molecular formula is C22H31N3O3. The van der Waals surface area contributed by atoms with Crippen LogP contribution in [0.25, 0.3) is 0 Å². The van der Waals surface area contributed by atoms with Crippen LogP contribution < -0.4 is 10.1 Å². The summed E-state index contributed by atoms with van der Waals surface area (Å²) in [6.45, 7) is 6.21. The van der Waals surface area contributed by atoms with Crippen LogP contribution in [0.2, 0.25) is 0 Å². The predicted octanol–water partition coefficient (Wildman–Crippen LogP) is 3.93. The van der Waals surface area contributed by atoms with E-state index in [1.165, 1.54) is 0 Å². The number of Topliss-reactive ketones (excluding diaryl/α,β-unsaturated/α-hetero) is 1. The monoisotopic (exact) mass is 385 g/mol. The van der Waals surface area contributed by atoms with Gasteiger partial charge in [0.05, 0.1) is 6.61 Å². The number of nitrogens with zero attached hydrogens (tertiary/aromatic N) is 2. The molecule has 0 saturated heterocycles. The van der Waals surface area contributed by atoms with Crippen molar-refractivity contribution in [1.82, 2.24) is 14.9 Å². The summed E-state index contributed by atoms with van der Waals surface area (Å²) in [6.07, 6.45) is 8.30. The molecule has 1 heterocycles. The zero-order valence-electron chi connectivity index (χ0n) is 16.9. The van der Waals surface area contributed by atoms with Crippen molar-refractivity contribution in [2.45, 2.75) is 58.9 Å². The average molecular weight is 386 g/mol. The van der Waals surface area contributed by atoms with Crippen molar-refractivity contribution in [1.29, 1.82) is 0 Å². The molecule has 0 radical (unpaired) electrons. The van der Waals surface area contributed by atoms with Gasteiger partial charge in [0.25, 0.3) is 0 Å². The van der Waals surface area contributed by atoms with Gasteiger partial charge in [-0.25, -0.2) is 4.98 Å². The van der Waals surface area contributed by atoms with Crippen molar-refractivity contribution < 1.29 is 14.3 Å². The highest BCUT2D eigenvalue weighted by Crippen LogP contribution is 2.14. The number of unbranched alkanes of at least 4 members (excludes halogenated alkanes) is 2. The fourth-order valence-electron chi connectivity index (χ4n) is 2.86. The van der Waals surface area contributed by atoms with Crippen LogP contribution >= 0.6 is 0 Å². The lowest BCUT2D eigenvalue weighted by Gasteiger charge is -2.08. The Morgan fingerprint density at radius 2 is 1.89 bits per heavy atom. The standard InChI is InChI=1S/C22H31N3O3/c1-3-4-5-17-28-20-9-7-19(8-10-20)21(26)11-12-22(27)24-13-6-15-25-16-14-23-18(25)2/h7-10,14,16H,3-6,11-13,15,17H2,1-2H3,(H,24,27). The summed E-state index contributed by atoms with van der Waals surface area (Å²) in [4.78, 5) is 28.3. The first-order chi connectivity index (χ1) is 13.6. The minimum absolute atomic E-state index is 0.0262. The third-order valence-corrected chi connectivity index (χ3v) is 4.59. The smallest absolute Gasteiger partial charge is 0.220 e. The third kappa shape index (κ3) is 7.55. The maximum absolute atomic E-state index is 12.3. The summed E-state index contributed by atoms with van der Waals surface area (Å²) in [7, 11) is 0. The minimum Gasteiger partial charge on any atom is -0.494 e. The van der Waals surface area contributed by atoms with E-state index >= 15 is 0 Å². The van der Waals surface area contributed by atoms with Gasteiger partial charge in [0.15, 0.2) is 5.78 Å². The predicted molar refractivity (Wildman–Crippen MR) is 110 cm³/mol. The van der Waals surface area contributed by atoms with Crippen LogP contribution in [0.1, 0.15) is 61.6 Å². The molecule has 0 aliphatic carbocycles. The van der Waals surface area contributed by atoms with Crippen molar-refractivity contribution in [2.75, 3.05) is 13.2 Å². The topological polar surface area (TPSA) is 73.2 Å². The van der Waals surface area contributed by atoms with Crippen LogP contribution in [-0.4, -0.2) is 34.4 Å². The minimum atomic E-state index is -0.0911. The zero-order chi connectivity index (χ0) is 20.2. The lowest BCUT2D eigenvalue weighted by Crippen LogP contribution is -2.25. The van der Waals surface area contributed by atoms with Gasteiger partial charge in [-0.3, -0.25) is 9.59 Å². The zero-order valence-corrected chi connectivity index (χ0v) is 16.9. The van der Waals surface area contributed by atoms with E-state index < -0.39 is 0 Å². The molecule has 0 fully saturated rings. The third-order valence-electron chi connectivity index (χ3n) is 4.59. The molecule has 2 rings (SSSR count). The van der Waals surface area contributed by atoms with Gasteiger partial charge >= 0.3 is 0 Å². The molecule has 152 valence electrons. The highest BCUT2D eigenvalue weighted by atomic mass is 16.5. The largest absolute Gasteiger partial charge is 0.494 e. The Morgan fingerprint density at radius 3 is 2.57 bits per heavy atom. The first-order valence-corrected chi connectivity index (χ1v) is 10.1. The number of ketones is 1. The second-order valence-electron chi connectivity index (χ2n) is 6.87. The van der Waals surface area contributed by atoms with Crippen LogP contribution in [0.3, 0.4) is 0 Å². The second kappa shape index (κ2) is 12.0. The molecule has 6 heteroatoms. The fraction of sp³-hybridized carbons (Fsp3) is 0.500. The van der Waals surface area contributed by atoms with Gasteiger partial charge < -0.3 is 14.6 Å². The van der Waals surface area contributed by atoms with Crippen molar-refractivity contribution >= 4 is 11.7 Å². The molecule has 6 nitrogen and oxygen atoms in total. The molecule has 2 aromatic rings. The van der Waals surface area contributed by atoms with Crippen LogP contribution in [0.4, 0.5) is 0 Å². The number of carbonyl (C=O) groups excluding carboxylic acids is 2. The van der Waals surface area contributed by atoms with Crippen molar-refractivity contribution in [3.05, 3.63) is 48.0 Å². The van der Waals surface area contributed by atoms with E-state index in [0.717, 1.165) is 43.8 Å². The van der Waals surface area contributed by atoms with E-state index in [4.69, 9.17) is 4.74 Å². The van der Waals surface area contributed by atoms with Gasteiger partial charge in [-0.2, -0.15) is 0 Å². The molecule has 0 aliphatic heterocycles. The Hall–Kier alpha value is -2.63. The van der Waals surface area contributed by atoms with Crippen LogP contribution in [0, 0.1) is 6.92 Å². The maximum atomic E-state index is 12.3. The number of hydrogen-bond acceptors (Lipinski definition) is 4. The van der Waals surface area contributed by atoms with E-state index in [1.54, 1.807) is 18.3 Å². The SMILES string of the molecule is CCCCCOc1ccc(C(=O)CCC(=O)NCCCn2ccnc2C)cc1. The van der Waals surface area contributed by atoms with Gasteiger partial charge in [0, 0.05) is 43.9 Å². The van der Waals surface area contributed by atoms with Gasteiger partial charge in [0.1, 0.15) is 11.6 Å². The molecule has 1 amide bonds. The molecule has 0 bridgehead atoms. The summed E-state index contributed by atoms with van der Waals surface area (Å²) >= 11 is 0. The number of ether oxygens (including phenoxy) is 1. The van der Waals surface area contributed by atoms with Crippen molar-refractivity contribution in [2.24, 2.45) is 0 Å². The molecule has 1 aromatic carbocycles. The quantitative estimate of drug-likeness (QED) is 0.419. The van der Waals surface area contributed by atoms with Crippen molar-refractivity contribution in [3.63, 3.8) is 0 Å². The second-order valence-corrected chi connectivity index (χ2v) is 6.87. The Kier molecular flexibility index (Phi) is 9.25. The van der Waals surface area contributed by atoms with Gasteiger partial charge in [-0.05, 0) is 44.0 Å². The maximum Gasteiger partial charge on any atom is 0.220 e. The van der Waals surface area contributed by atoms with E-state index in [0.29, 0.717) is 18.7 Å². The summed E-state index contributed by atoms with van der Waals surface area (Å²) in [5.74, 6) is 1.63. The first kappa shape index (κ1) is 21.7.